The minimum atomic E-state index is -3.92. The topological polar surface area (TPSA) is 84.5 Å². The smallest absolute Gasteiger partial charge is 0.422 e. The Morgan fingerprint density at radius 3 is 2.40 bits per heavy atom. The number of ether oxygens (including phenoxy) is 1. The standard InChI is InChI=1S/C8H10N2O4S/c1-14-8(11)10-15(12,13)9-7-5-3-2-4-6-7/h2-6,9H,1H3,(H,10,11). The zero-order chi connectivity index (χ0) is 11.3. The number of amides is 1. The second-order valence-electron chi connectivity index (χ2n) is 2.57. The lowest BCUT2D eigenvalue weighted by atomic mass is 10.3. The lowest BCUT2D eigenvalue weighted by molar-refractivity contribution is 0.177. The number of hydrogen-bond donors (Lipinski definition) is 2. The third kappa shape index (κ3) is 3.86. The number of carbonyl (C=O) groups is 1. The van der Waals surface area contributed by atoms with Crippen molar-refractivity contribution in [1.82, 2.24) is 4.72 Å². The molecule has 0 aliphatic rings. The second-order valence-corrected chi connectivity index (χ2v) is 3.98. The van der Waals surface area contributed by atoms with Gasteiger partial charge in [0.25, 0.3) is 0 Å². The molecule has 6 nitrogen and oxygen atoms in total. The van der Waals surface area contributed by atoms with Crippen LogP contribution in [0.15, 0.2) is 30.3 Å². The van der Waals surface area contributed by atoms with Gasteiger partial charge in [-0.25, -0.2) is 9.52 Å². The molecule has 0 atom stereocenters. The lowest BCUT2D eigenvalue weighted by Gasteiger charge is -2.07. The van der Waals surface area contributed by atoms with E-state index in [0.29, 0.717) is 5.69 Å². The van der Waals surface area contributed by atoms with Crippen LogP contribution in [0.1, 0.15) is 0 Å². The minimum Gasteiger partial charge on any atom is -0.452 e. The summed E-state index contributed by atoms with van der Waals surface area (Å²) >= 11 is 0. The number of methoxy groups -OCH3 is 1. The van der Waals surface area contributed by atoms with Crippen molar-refractivity contribution in [2.24, 2.45) is 0 Å². The molecule has 0 aliphatic carbocycles. The number of rotatable bonds is 3. The van der Waals surface area contributed by atoms with Crippen molar-refractivity contribution in [1.29, 1.82) is 0 Å². The molecule has 0 saturated heterocycles. The zero-order valence-corrected chi connectivity index (χ0v) is 8.74. The highest BCUT2D eigenvalue weighted by molar-refractivity contribution is 7.91. The summed E-state index contributed by atoms with van der Waals surface area (Å²) in [5, 5.41) is 0. The summed E-state index contributed by atoms with van der Waals surface area (Å²) in [6.07, 6.45) is -1.04. The molecule has 7 heteroatoms. The van der Waals surface area contributed by atoms with Gasteiger partial charge in [0.1, 0.15) is 0 Å². The van der Waals surface area contributed by atoms with Gasteiger partial charge >= 0.3 is 16.3 Å². The summed E-state index contributed by atoms with van der Waals surface area (Å²) < 4.78 is 30.4. The van der Waals surface area contributed by atoms with Crippen molar-refractivity contribution in [2.75, 3.05) is 11.8 Å². The second kappa shape index (κ2) is 4.65. The van der Waals surface area contributed by atoms with Crippen molar-refractivity contribution < 1.29 is 17.9 Å². The quantitative estimate of drug-likeness (QED) is 0.800. The van der Waals surface area contributed by atoms with Gasteiger partial charge in [0.15, 0.2) is 0 Å². The van der Waals surface area contributed by atoms with Gasteiger partial charge in [-0.1, -0.05) is 18.2 Å². The highest BCUT2D eigenvalue weighted by Gasteiger charge is 2.13. The molecule has 0 aliphatic heterocycles. The molecule has 1 rings (SSSR count). The van der Waals surface area contributed by atoms with Gasteiger partial charge in [0.05, 0.1) is 12.8 Å². The summed E-state index contributed by atoms with van der Waals surface area (Å²) in [7, 11) is -2.84. The molecule has 0 bridgehead atoms. The Morgan fingerprint density at radius 2 is 1.87 bits per heavy atom. The Bertz CT molecular complexity index is 429. The van der Waals surface area contributed by atoms with Gasteiger partial charge in [-0.3, -0.25) is 4.72 Å². The maximum Gasteiger partial charge on any atom is 0.422 e. The van der Waals surface area contributed by atoms with Crippen molar-refractivity contribution in [2.45, 2.75) is 0 Å². The van der Waals surface area contributed by atoms with Gasteiger partial charge in [-0.05, 0) is 12.1 Å². The van der Waals surface area contributed by atoms with Gasteiger partial charge in [-0.2, -0.15) is 8.42 Å². The number of benzene rings is 1. The van der Waals surface area contributed by atoms with Gasteiger partial charge in [0.2, 0.25) is 0 Å². The molecule has 82 valence electrons. The number of para-hydroxylation sites is 1. The molecular formula is C8H10N2O4S. The largest absolute Gasteiger partial charge is 0.452 e. The first-order valence-corrected chi connectivity index (χ1v) is 5.45. The van der Waals surface area contributed by atoms with Gasteiger partial charge < -0.3 is 4.74 Å². The maximum absolute atomic E-state index is 11.2. The molecule has 0 radical (unpaired) electrons. The van der Waals surface area contributed by atoms with Crippen molar-refractivity contribution >= 4 is 22.0 Å². The monoisotopic (exact) mass is 230 g/mol. The van der Waals surface area contributed by atoms with Crippen LogP contribution in [0, 0.1) is 0 Å². The van der Waals surface area contributed by atoms with E-state index in [9.17, 15) is 13.2 Å². The predicted octanol–water partition coefficient (Wildman–Crippen LogP) is 0.699. The predicted molar refractivity (Wildman–Crippen MR) is 54.5 cm³/mol. The summed E-state index contributed by atoms with van der Waals surface area (Å²) in [5.74, 6) is 0. The van der Waals surface area contributed by atoms with E-state index < -0.39 is 16.3 Å². The van der Waals surface area contributed by atoms with Crippen LogP contribution in [0.4, 0.5) is 10.5 Å². The van der Waals surface area contributed by atoms with Crippen molar-refractivity contribution in [3.63, 3.8) is 0 Å². The summed E-state index contributed by atoms with van der Waals surface area (Å²) in [6.45, 7) is 0. The zero-order valence-electron chi connectivity index (χ0n) is 7.93. The fourth-order valence-corrected chi connectivity index (χ4v) is 1.64. The lowest BCUT2D eigenvalue weighted by Crippen LogP contribution is -2.35. The molecule has 15 heavy (non-hydrogen) atoms. The highest BCUT2D eigenvalue weighted by atomic mass is 32.2. The first-order chi connectivity index (χ1) is 7.03. The number of hydrogen-bond acceptors (Lipinski definition) is 4. The van der Waals surface area contributed by atoms with E-state index in [4.69, 9.17) is 0 Å². The minimum absolute atomic E-state index is 0.355. The number of anilines is 1. The van der Waals surface area contributed by atoms with E-state index in [2.05, 4.69) is 9.46 Å². The summed E-state index contributed by atoms with van der Waals surface area (Å²) in [6, 6.07) is 8.17. The van der Waals surface area contributed by atoms with E-state index in [-0.39, 0.29) is 0 Å². The molecule has 0 fully saturated rings. The molecule has 1 aromatic carbocycles. The molecule has 0 saturated carbocycles. The van der Waals surface area contributed by atoms with Crippen molar-refractivity contribution in [3.05, 3.63) is 30.3 Å². The van der Waals surface area contributed by atoms with Crippen LogP contribution in [0.3, 0.4) is 0 Å². The molecule has 0 unspecified atom stereocenters. The van der Waals surface area contributed by atoms with Crippen LogP contribution in [0.25, 0.3) is 0 Å². The third-order valence-electron chi connectivity index (χ3n) is 1.43. The Hall–Kier alpha value is -1.76. The van der Waals surface area contributed by atoms with E-state index >= 15 is 0 Å². The fourth-order valence-electron chi connectivity index (χ4n) is 0.838. The van der Waals surface area contributed by atoms with E-state index in [0.717, 1.165) is 7.11 Å². The molecule has 0 aromatic heterocycles. The molecule has 2 N–H and O–H groups in total. The number of carbonyl (C=O) groups excluding carboxylic acids is 1. The first-order valence-electron chi connectivity index (χ1n) is 3.97. The van der Waals surface area contributed by atoms with Crippen LogP contribution in [-0.2, 0) is 14.9 Å². The Morgan fingerprint density at radius 1 is 1.27 bits per heavy atom. The Kier molecular flexibility index (Phi) is 3.51. The van der Waals surface area contributed by atoms with E-state index in [1.165, 1.54) is 0 Å². The summed E-state index contributed by atoms with van der Waals surface area (Å²) in [5.41, 5.74) is 0.355. The normalized spacial score (nSPS) is 10.5. The van der Waals surface area contributed by atoms with Crippen LogP contribution in [0.2, 0.25) is 0 Å². The Balaban J connectivity index is 2.69. The SMILES string of the molecule is COC(=O)NS(=O)(=O)Nc1ccccc1. The van der Waals surface area contributed by atoms with E-state index in [1.54, 1.807) is 35.1 Å². The first kappa shape index (κ1) is 11.3. The average molecular weight is 230 g/mol. The van der Waals surface area contributed by atoms with E-state index in [1.807, 2.05) is 0 Å². The molecule has 0 spiro atoms. The molecule has 1 aromatic rings. The Labute approximate surface area is 87.4 Å². The van der Waals surface area contributed by atoms with Crippen molar-refractivity contribution in [3.8, 4) is 0 Å². The average Bonchev–Trinajstić information content (AvgIpc) is 2.17. The molecular weight excluding hydrogens is 220 g/mol. The number of nitrogens with one attached hydrogen (secondary N) is 2. The van der Waals surface area contributed by atoms with Crippen LogP contribution < -0.4 is 9.44 Å². The molecule has 1 amide bonds. The third-order valence-corrected chi connectivity index (χ3v) is 2.37. The van der Waals surface area contributed by atoms with Gasteiger partial charge in [0, 0.05) is 0 Å². The van der Waals surface area contributed by atoms with Gasteiger partial charge in [-0.15, -0.1) is 0 Å². The van der Waals surface area contributed by atoms with Crippen LogP contribution in [0.5, 0.6) is 0 Å². The summed E-state index contributed by atoms with van der Waals surface area (Å²) in [4.78, 5) is 10.7. The maximum atomic E-state index is 11.2. The van der Waals surface area contributed by atoms with Crippen LogP contribution in [-0.4, -0.2) is 21.6 Å². The molecule has 0 heterocycles. The van der Waals surface area contributed by atoms with Crippen LogP contribution >= 0.6 is 0 Å². The highest BCUT2D eigenvalue weighted by Crippen LogP contribution is 2.06. The fraction of sp³-hybridized carbons (Fsp3) is 0.125.